The molecule has 0 aliphatic heterocycles. The van der Waals surface area contributed by atoms with Crippen LogP contribution < -0.4 is 0 Å². The van der Waals surface area contributed by atoms with E-state index in [0.717, 1.165) is 17.5 Å². The first-order valence-electron chi connectivity index (χ1n) is 5.66. The first-order chi connectivity index (χ1) is 7.36. The van der Waals surface area contributed by atoms with E-state index in [4.69, 9.17) is 0 Å². The van der Waals surface area contributed by atoms with E-state index in [2.05, 4.69) is 34.9 Å². The molecule has 1 aromatic heterocycles. The molecular formula is C12H17N3. The van der Waals surface area contributed by atoms with Gasteiger partial charge in [-0.25, -0.2) is 4.68 Å². The summed E-state index contributed by atoms with van der Waals surface area (Å²) in [6.45, 7) is 4.42. The normalized spacial score (nSPS) is 13.2. The molecular weight excluding hydrogens is 186 g/mol. The molecule has 0 spiro atoms. The van der Waals surface area contributed by atoms with Crippen molar-refractivity contribution in [1.82, 2.24) is 15.0 Å². The van der Waals surface area contributed by atoms with Crippen LogP contribution >= 0.6 is 0 Å². The van der Waals surface area contributed by atoms with E-state index in [0.29, 0.717) is 6.04 Å². The van der Waals surface area contributed by atoms with Crippen molar-refractivity contribution in [3.8, 4) is 0 Å². The quantitative estimate of drug-likeness (QED) is 0.764. The van der Waals surface area contributed by atoms with Crippen molar-refractivity contribution in [2.75, 3.05) is 0 Å². The first kappa shape index (κ1) is 10.1. The van der Waals surface area contributed by atoms with E-state index in [1.807, 2.05) is 18.2 Å². The molecule has 1 aromatic carbocycles. The number of nitrogens with zero attached hydrogens (tertiary/aromatic N) is 3. The lowest BCUT2D eigenvalue weighted by Crippen LogP contribution is -2.09. The second-order valence-corrected chi connectivity index (χ2v) is 3.87. The average Bonchev–Trinajstić information content (AvgIpc) is 2.70. The smallest absolute Gasteiger partial charge is 0.113 e. The maximum absolute atomic E-state index is 4.25. The molecule has 2 aromatic rings. The molecule has 0 bridgehead atoms. The molecule has 3 nitrogen and oxygen atoms in total. The summed E-state index contributed by atoms with van der Waals surface area (Å²) in [5.74, 6) is 0. The summed E-state index contributed by atoms with van der Waals surface area (Å²) in [7, 11) is 0. The van der Waals surface area contributed by atoms with Crippen molar-refractivity contribution >= 4 is 11.0 Å². The zero-order valence-electron chi connectivity index (χ0n) is 9.35. The lowest BCUT2D eigenvalue weighted by atomic mass is 10.1. The molecule has 0 aliphatic rings. The Morgan fingerprint density at radius 3 is 2.80 bits per heavy atom. The van der Waals surface area contributed by atoms with Gasteiger partial charge in [-0.1, -0.05) is 37.6 Å². The van der Waals surface area contributed by atoms with E-state index in [9.17, 15) is 0 Å². The Bertz CT molecular complexity index is 433. The molecule has 80 valence electrons. The number of benzene rings is 1. The Balaban J connectivity index is 2.41. The van der Waals surface area contributed by atoms with Crippen LogP contribution in [-0.4, -0.2) is 15.0 Å². The summed E-state index contributed by atoms with van der Waals surface area (Å²) < 4.78 is 2.07. The number of para-hydroxylation sites is 1. The number of hydrogen-bond donors (Lipinski definition) is 0. The standard InChI is InChI=1S/C12H17N3/c1-3-7-10(4-2)15-12-9-6-5-8-11(12)13-14-15/h5-6,8-10H,3-4,7H2,1-2H3. The van der Waals surface area contributed by atoms with Gasteiger partial charge in [-0.05, 0) is 25.0 Å². The molecule has 0 aliphatic carbocycles. The third kappa shape index (κ3) is 1.87. The van der Waals surface area contributed by atoms with Crippen molar-refractivity contribution in [1.29, 1.82) is 0 Å². The van der Waals surface area contributed by atoms with E-state index >= 15 is 0 Å². The predicted octanol–water partition coefficient (Wildman–Crippen LogP) is 3.18. The van der Waals surface area contributed by atoms with Gasteiger partial charge in [0.15, 0.2) is 0 Å². The van der Waals surface area contributed by atoms with Crippen molar-refractivity contribution in [3.05, 3.63) is 24.3 Å². The molecule has 0 fully saturated rings. The van der Waals surface area contributed by atoms with Gasteiger partial charge in [0, 0.05) is 0 Å². The van der Waals surface area contributed by atoms with Crippen LogP contribution in [0.2, 0.25) is 0 Å². The van der Waals surface area contributed by atoms with Crippen LogP contribution in [0.15, 0.2) is 24.3 Å². The summed E-state index contributed by atoms with van der Waals surface area (Å²) >= 11 is 0. The maximum Gasteiger partial charge on any atom is 0.113 e. The number of hydrogen-bond acceptors (Lipinski definition) is 2. The Kier molecular flexibility index (Phi) is 2.99. The van der Waals surface area contributed by atoms with Crippen LogP contribution in [0.4, 0.5) is 0 Å². The zero-order chi connectivity index (χ0) is 10.7. The third-order valence-electron chi connectivity index (χ3n) is 2.82. The summed E-state index contributed by atoms with van der Waals surface area (Å²) in [4.78, 5) is 0. The molecule has 1 unspecified atom stereocenters. The van der Waals surface area contributed by atoms with Crippen LogP contribution in [0.1, 0.15) is 39.2 Å². The lowest BCUT2D eigenvalue weighted by Gasteiger charge is -2.14. The Morgan fingerprint density at radius 2 is 2.07 bits per heavy atom. The number of aromatic nitrogens is 3. The highest BCUT2D eigenvalue weighted by Gasteiger charge is 2.12. The predicted molar refractivity (Wildman–Crippen MR) is 61.8 cm³/mol. The molecule has 0 amide bonds. The Hall–Kier alpha value is -1.38. The van der Waals surface area contributed by atoms with Gasteiger partial charge in [-0.15, -0.1) is 5.10 Å². The van der Waals surface area contributed by atoms with Crippen molar-refractivity contribution in [3.63, 3.8) is 0 Å². The van der Waals surface area contributed by atoms with Crippen LogP contribution in [0.3, 0.4) is 0 Å². The highest BCUT2D eigenvalue weighted by Crippen LogP contribution is 2.21. The van der Waals surface area contributed by atoms with Crippen LogP contribution in [0.5, 0.6) is 0 Å². The minimum Gasteiger partial charge on any atom is -0.242 e. The molecule has 3 heteroatoms. The average molecular weight is 203 g/mol. The Morgan fingerprint density at radius 1 is 1.27 bits per heavy atom. The van der Waals surface area contributed by atoms with E-state index in [1.54, 1.807) is 0 Å². The molecule has 0 saturated heterocycles. The molecule has 1 atom stereocenters. The van der Waals surface area contributed by atoms with E-state index < -0.39 is 0 Å². The van der Waals surface area contributed by atoms with Gasteiger partial charge in [-0.3, -0.25) is 0 Å². The fraction of sp³-hybridized carbons (Fsp3) is 0.500. The maximum atomic E-state index is 4.25. The fourth-order valence-corrected chi connectivity index (χ4v) is 1.99. The summed E-state index contributed by atoms with van der Waals surface area (Å²) in [5.41, 5.74) is 2.14. The highest BCUT2D eigenvalue weighted by molar-refractivity contribution is 5.73. The number of fused-ring (bicyclic) bond motifs is 1. The van der Waals surface area contributed by atoms with Gasteiger partial charge >= 0.3 is 0 Å². The molecule has 15 heavy (non-hydrogen) atoms. The number of rotatable bonds is 4. The molecule has 0 radical (unpaired) electrons. The van der Waals surface area contributed by atoms with Crippen molar-refractivity contribution < 1.29 is 0 Å². The van der Waals surface area contributed by atoms with Crippen LogP contribution in [0.25, 0.3) is 11.0 Å². The zero-order valence-corrected chi connectivity index (χ0v) is 9.35. The second kappa shape index (κ2) is 4.43. The Labute approximate surface area is 90.1 Å². The summed E-state index contributed by atoms with van der Waals surface area (Å²) in [6.07, 6.45) is 3.47. The monoisotopic (exact) mass is 203 g/mol. The largest absolute Gasteiger partial charge is 0.242 e. The first-order valence-corrected chi connectivity index (χ1v) is 5.66. The minimum atomic E-state index is 0.488. The topological polar surface area (TPSA) is 30.7 Å². The SMILES string of the molecule is CCCC(CC)n1nnc2ccccc21. The van der Waals surface area contributed by atoms with Crippen LogP contribution in [0, 0.1) is 0 Å². The van der Waals surface area contributed by atoms with Gasteiger partial charge in [-0.2, -0.15) is 0 Å². The van der Waals surface area contributed by atoms with Crippen molar-refractivity contribution in [2.45, 2.75) is 39.2 Å². The summed E-state index contributed by atoms with van der Waals surface area (Å²) in [6, 6.07) is 8.64. The molecule has 0 N–H and O–H groups in total. The van der Waals surface area contributed by atoms with E-state index in [-0.39, 0.29) is 0 Å². The van der Waals surface area contributed by atoms with Crippen LogP contribution in [-0.2, 0) is 0 Å². The fourth-order valence-electron chi connectivity index (χ4n) is 1.99. The molecule has 2 rings (SSSR count). The van der Waals surface area contributed by atoms with Gasteiger partial charge < -0.3 is 0 Å². The van der Waals surface area contributed by atoms with E-state index in [1.165, 1.54) is 12.8 Å². The van der Waals surface area contributed by atoms with Gasteiger partial charge in [0.25, 0.3) is 0 Å². The third-order valence-corrected chi connectivity index (χ3v) is 2.82. The van der Waals surface area contributed by atoms with Gasteiger partial charge in [0.2, 0.25) is 0 Å². The molecule has 1 heterocycles. The molecule has 0 saturated carbocycles. The second-order valence-electron chi connectivity index (χ2n) is 3.87. The van der Waals surface area contributed by atoms with Gasteiger partial charge in [0.1, 0.15) is 5.52 Å². The summed E-state index contributed by atoms with van der Waals surface area (Å²) in [5, 5.41) is 8.43. The van der Waals surface area contributed by atoms with Gasteiger partial charge in [0.05, 0.1) is 11.6 Å². The lowest BCUT2D eigenvalue weighted by molar-refractivity contribution is 0.411. The minimum absolute atomic E-state index is 0.488. The van der Waals surface area contributed by atoms with Crippen molar-refractivity contribution in [2.24, 2.45) is 0 Å². The highest BCUT2D eigenvalue weighted by atomic mass is 15.4.